The van der Waals surface area contributed by atoms with Crippen LogP contribution in [0.4, 0.5) is 0 Å². The van der Waals surface area contributed by atoms with Crippen LogP contribution in [0.5, 0.6) is 5.75 Å². The molecule has 0 spiro atoms. The second-order valence-electron chi connectivity index (χ2n) is 4.71. The van der Waals surface area contributed by atoms with E-state index in [9.17, 15) is 4.79 Å². The lowest BCUT2D eigenvalue weighted by molar-refractivity contribution is -0.131. The Bertz CT molecular complexity index is 396. The van der Waals surface area contributed by atoms with Crippen molar-refractivity contribution in [1.82, 2.24) is 0 Å². The van der Waals surface area contributed by atoms with Crippen LogP contribution in [0.25, 0.3) is 0 Å². The molecule has 2 heterocycles. The Morgan fingerprint density at radius 2 is 1.94 bits per heavy atom. The molecule has 2 aliphatic heterocycles. The predicted molar refractivity (Wildman–Crippen MR) is 63.1 cm³/mol. The lowest BCUT2D eigenvalue weighted by Gasteiger charge is -2.23. The Hall–Kier alpha value is -1.35. The first-order valence-corrected chi connectivity index (χ1v) is 6.20. The van der Waals surface area contributed by atoms with E-state index in [-0.39, 0.29) is 17.8 Å². The first kappa shape index (κ1) is 10.8. The van der Waals surface area contributed by atoms with E-state index in [1.807, 2.05) is 24.3 Å². The Morgan fingerprint density at radius 3 is 2.71 bits per heavy atom. The number of ether oxygens (including phenoxy) is 2. The van der Waals surface area contributed by atoms with Crippen LogP contribution >= 0.6 is 0 Å². The van der Waals surface area contributed by atoms with Gasteiger partial charge in [-0.05, 0) is 24.5 Å². The molecule has 0 bridgehead atoms. The number of Topliss-reactive ketones (excluding diaryl/α,β-unsaturated/α-hetero) is 1. The zero-order valence-corrected chi connectivity index (χ0v) is 9.72. The highest BCUT2D eigenvalue weighted by atomic mass is 16.5. The van der Waals surface area contributed by atoms with Crippen molar-refractivity contribution >= 4 is 5.78 Å². The van der Waals surface area contributed by atoms with Crippen LogP contribution in [-0.2, 0) is 16.0 Å². The van der Waals surface area contributed by atoms with Crippen LogP contribution in [0.3, 0.4) is 0 Å². The highest BCUT2D eigenvalue weighted by Crippen LogP contribution is 2.31. The van der Waals surface area contributed by atoms with E-state index in [0.717, 1.165) is 30.6 Å². The summed E-state index contributed by atoms with van der Waals surface area (Å²) in [7, 11) is 0. The fourth-order valence-electron chi connectivity index (χ4n) is 2.59. The van der Waals surface area contributed by atoms with Gasteiger partial charge in [-0.2, -0.15) is 0 Å². The van der Waals surface area contributed by atoms with Gasteiger partial charge in [-0.3, -0.25) is 4.79 Å². The number of hydrogen-bond donors (Lipinski definition) is 0. The van der Waals surface area contributed by atoms with Crippen molar-refractivity contribution in [3.05, 3.63) is 29.8 Å². The monoisotopic (exact) mass is 232 g/mol. The second kappa shape index (κ2) is 4.49. The maximum Gasteiger partial charge on any atom is 0.176 e. The largest absolute Gasteiger partial charge is 0.482 e. The maximum atomic E-state index is 12.3. The minimum atomic E-state index is -0.268. The van der Waals surface area contributed by atoms with Gasteiger partial charge in [0.2, 0.25) is 0 Å². The summed E-state index contributed by atoms with van der Waals surface area (Å²) in [5.74, 6) is 1.26. The summed E-state index contributed by atoms with van der Waals surface area (Å²) in [4.78, 5) is 12.3. The third-order valence-corrected chi connectivity index (χ3v) is 3.59. The quantitative estimate of drug-likeness (QED) is 0.782. The predicted octanol–water partition coefficient (Wildman–Crippen LogP) is 1.99. The third-order valence-electron chi connectivity index (χ3n) is 3.59. The molecule has 1 aromatic carbocycles. The van der Waals surface area contributed by atoms with Crippen LogP contribution in [-0.4, -0.2) is 25.1 Å². The van der Waals surface area contributed by atoms with Gasteiger partial charge in [0.25, 0.3) is 0 Å². The molecular formula is C14H16O3. The number of benzene rings is 1. The van der Waals surface area contributed by atoms with Crippen molar-refractivity contribution in [2.24, 2.45) is 5.92 Å². The van der Waals surface area contributed by atoms with E-state index in [0.29, 0.717) is 13.2 Å². The molecule has 0 N–H and O–H groups in total. The number of para-hydroxylation sites is 1. The van der Waals surface area contributed by atoms with Crippen molar-refractivity contribution in [2.45, 2.75) is 25.4 Å². The lowest BCUT2D eigenvalue weighted by atomic mass is 9.91. The molecular weight excluding hydrogens is 216 g/mol. The van der Waals surface area contributed by atoms with Crippen LogP contribution in [0.15, 0.2) is 24.3 Å². The molecule has 17 heavy (non-hydrogen) atoms. The normalized spacial score (nSPS) is 24.1. The van der Waals surface area contributed by atoms with E-state index in [1.165, 1.54) is 0 Å². The van der Waals surface area contributed by atoms with Gasteiger partial charge in [-0.25, -0.2) is 0 Å². The molecule has 2 aliphatic rings. The van der Waals surface area contributed by atoms with Crippen molar-refractivity contribution in [2.75, 3.05) is 13.2 Å². The summed E-state index contributed by atoms with van der Waals surface area (Å²) in [6, 6.07) is 7.91. The highest BCUT2D eigenvalue weighted by Gasteiger charge is 2.34. The van der Waals surface area contributed by atoms with Gasteiger partial charge in [0.15, 0.2) is 11.9 Å². The van der Waals surface area contributed by atoms with Crippen LogP contribution in [0.1, 0.15) is 18.4 Å². The van der Waals surface area contributed by atoms with Gasteiger partial charge in [0.1, 0.15) is 5.75 Å². The Balaban J connectivity index is 1.69. The summed E-state index contributed by atoms with van der Waals surface area (Å²) in [6.07, 6.45) is 2.15. The second-order valence-corrected chi connectivity index (χ2v) is 4.71. The van der Waals surface area contributed by atoms with Crippen molar-refractivity contribution in [3.63, 3.8) is 0 Å². The van der Waals surface area contributed by atoms with E-state index in [4.69, 9.17) is 9.47 Å². The lowest BCUT2D eigenvalue weighted by Crippen LogP contribution is -2.34. The molecule has 0 aromatic heterocycles. The van der Waals surface area contributed by atoms with Crippen LogP contribution in [0.2, 0.25) is 0 Å². The van der Waals surface area contributed by atoms with Gasteiger partial charge in [-0.1, -0.05) is 18.2 Å². The molecule has 0 aliphatic carbocycles. The molecule has 3 nitrogen and oxygen atoms in total. The smallest absolute Gasteiger partial charge is 0.176 e. The highest BCUT2D eigenvalue weighted by molar-refractivity contribution is 5.87. The zero-order valence-electron chi connectivity index (χ0n) is 9.72. The third kappa shape index (κ3) is 2.07. The van der Waals surface area contributed by atoms with Gasteiger partial charge >= 0.3 is 0 Å². The summed E-state index contributed by atoms with van der Waals surface area (Å²) < 4.78 is 11.0. The summed E-state index contributed by atoms with van der Waals surface area (Å²) in [5.41, 5.74) is 1.15. The zero-order chi connectivity index (χ0) is 11.7. The van der Waals surface area contributed by atoms with Gasteiger partial charge in [0.05, 0.1) is 0 Å². The average Bonchev–Trinajstić information content (AvgIpc) is 2.82. The van der Waals surface area contributed by atoms with E-state index in [1.54, 1.807) is 0 Å². The molecule has 3 rings (SSSR count). The minimum absolute atomic E-state index is 0.128. The minimum Gasteiger partial charge on any atom is -0.482 e. The van der Waals surface area contributed by atoms with Gasteiger partial charge < -0.3 is 9.47 Å². The first-order valence-electron chi connectivity index (χ1n) is 6.20. The number of rotatable bonds is 2. The van der Waals surface area contributed by atoms with Gasteiger partial charge in [0, 0.05) is 25.6 Å². The molecule has 0 amide bonds. The Morgan fingerprint density at radius 1 is 1.18 bits per heavy atom. The van der Waals surface area contributed by atoms with Crippen molar-refractivity contribution in [3.8, 4) is 5.75 Å². The molecule has 1 fully saturated rings. The molecule has 1 unspecified atom stereocenters. The number of ketones is 1. The van der Waals surface area contributed by atoms with E-state index < -0.39 is 0 Å². The number of fused-ring (bicyclic) bond motifs is 1. The number of hydrogen-bond acceptors (Lipinski definition) is 3. The topological polar surface area (TPSA) is 35.5 Å². The van der Waals surface area contributed by atoms with Crippen LogP contribution in [0, 0.1) is 5.92 Å². The molecule has 0 saturated carbocycles. The Labute approximate surface area is 101 Å². The SMILES string of the molecule is O=C(C1CCOCC1)C1Cc2ccccc2O1. The summed E-state index contributed by atoms with van der Waals surface area (Å²) in [5, 5.41) is 0. The number of carbonyl (C=O) groups excluding carboxylic acids is 1. The fourth-order valence-corrected chi connectivity index (χ4v) is 2.59. The summed E-state index contributed by atoms with van der Waals surface area (Å²) >= 11 is 0. The van der Waals surface area contributed by atoms with Crippen molar-refractivity contribution in [1.29, 1.82) is 0 Å². The maximum absolute atomic E-state index is 12.3. The van der Waals surface area contributed by atoms with Crippen molar-refractivity contribution < 1.29 is 14.3 Å². The number of carbonyl (C=O) groups is 1. The molecule has 1 saturated heterocycles. The Kier molecular flexibility index (Phi) is 2.85. The molecule has 1 aromatic rings. The molecule has 1 atom stereocenters. The standard InChI is InChI=1S/C14H16O3/c15-14(10-5-7-16-8-6-10)13-9-11-3-1-2-4-12(11)17-13/h1-4,10,13H,5-9H2. The van der Waals surface area contributed by atoms with Gasteiger partial charge in [-0.15, -0.1) is 0 Å². The van der Waals surface area contributed by atoms with E-state index in [2.05, 4.69) is 0 Å². The summed E-state index contributed by atoms with van der Waals surface area (Å²) in [6.45, 7) is 1.41. The molecule has 0 radical (unpaired) electrons. The fraction of sp³-hybridized carbons (Fsp3) is 0.500. The molecule has 90 valence electrons. The van der Waals surface area contributed by atoms with E-state index >= 15 is 0 Å². The van der Waals surface area contributed by atoms with Crippen LogP contribution < -0.4 is 4.74 Å². The molecule has 3 heteroatoms. The average molecular weight is 232 g/mol. The first-order chi connectivity index (χ1) is 8.34.